The van der Waals surface area contributed by atoms with Gasteiger partial charge in [0.2, 0.25) is 0 Å². The van der Waals surface area contributed by atoms with Crippen LogP contribution in [-0.2, 0) is 9.47 Å². The number of nitrogens with zero attached hydrogens (tertiary/aromatic N) is 3. The molecule has 0 saturated carbocycles. The zero-order chi connectivity index (χ0) is 23.1. The molecule has 188 valence electrons. The van der Waals surface area contributed by atoms with Crippen LogP contribution in [0.2, 0.25) is 0 Å². The second-order valence-electron chi connectivity index (χ2n) is 9.50. The summed E-state index contributed by atoms with van der Waals surface area (Å²) < 4.78 is 24.9. The number of hydrogen-bond donors (Lipinski definition) is 2. The Bertz CT molecular complexity index is 733. The van der Waals surface area contributed by atoms with Gasteiger partial charge in [0.15, 0.2) is 5.96 Å². The molecule has 0 spiro atoms. The molecule has 33 heavy (non-hydrogen) atoms. The highest BCUT2D eigenvalue weighted by Gasteiger charge is 2.33. The number of nitrogens with one attached hydrogen (secondary N) is 2. The van der Waals surface area contributed by atoms with Crippen molar-refractivity contribution in [3.05, 3.63) is 35.6 Å². The molecule has 1 aromatic rings. The second kappa shape index (κ2) is 13.2. The summed E-state index contributed by atoms with van der Waals surface area (Å²) in [6.07, 6.45) is 0.473. The summed E-state index contributed by atoms with van der Waals surface area (Å²) in [6, 6.07) is 6.92. The van der Waals surface area contributed by atoms with E-state index in [4.69, 9.17) is 9.47 Å². The van der Waals surface area contributed by atoms with E-state index >= 15 is 0 Å². The number of benzene rings is 1. The van der Waals surface area contributed by atoms with Gasteiger partial charge >= 0.3 is 0 Å². The van der Waals surface area contributed by atoms with Crippen LogP contribution in [0.4, 0.5) is 4.39 Å². The maximum absolute atomic E-state index is 13.5. The standard InChI is InChI=1S/C24H40FN5O2.HI/c1-18-15-30(16-19(2)32-18)24(3,4)17-28-23(26-5)27-14-22(29-10-12-31-13-11-29)20-6-8-21(25)9-7-20;/h6-9,18-19,22H,10-17H2,1-5H3,(H2,26,27,28);1H. The van der Waals surface area contributed by atoms with Gasteiger partial charge in [-0.2, -0.15) is 0 Å². The lowest BCUT2D eigenvalue weighted by Gasteiger charge is -2.45. The third-order valence-electron chi connectivity index (χ3n) is 6.39. The Balaban J connectivity index is 0.00000385. The number of hydrogen-bond acceptors (Lipinski definition) is 5. The van der Waals surface area contributed by atoms with E-state index in [1.165, 1.54) is 12.1 Å². The monoisotopic (exact) mass is 577 g/mol. The molecule has 0 bridgehead atoms. The molecule has 0 aliphatic carbocycles. The van der Waals surface area contributed by atoms with Gasteiger partial charge in [0.05, 0.1) is 31.5 Å². The lowest BCUT2D eigenvalue weighted by molar-refractivity contribution is -0.0946. The van der Waals surface area contributed by atoms with Crippen LogP contribution in [0, 0.1) is 5.82 Å². The number of morpholine rings is 2. The predicted octanol–water partition coefficient (Wildman–Crippen LogP) is 2.87. The van der Waals surface area contributed by atoms with Crippen molar-refractivity contribution in [3.63, 3.8) is 0 Å². The molecule has 0 amide bonds. The molecular formula is C24H41FIN5O2. The highest BCUT2D eigenvalue weighted by molar-refractivity contribution is 14.0. The molecule has 1 aromatic carbocycles. The number of guanidine groups is 1. The maximum Gasteiger partial charge on any atom is 0.191 e. The zero-order valence-electron chi connectivity index (χ0n) is 20.6. The van der Waals surface area contributed by atoms with E-state index < -0.39 is 0 Å². The molecule has 0 radical (unpaired) electrons. The Labute approximate surface area is 215 Å². The van der Waals surface area contributed by atoms with Crippen LogP contribution in [0.15, 0.2) is 29.3 Å². The Kier molecular flexibility index (Phi) is 11.3. The van der Waals surface area contributed by atoms with Gasteiger partial charge in [-0.25, -0.2) is 4.39 Å². The summed E-state index contributed by atoms with van der Waals surface area (Å²) in [5.74, 6) is 0.557. The van der Waals surface area contributed by atoms with E-state index in [0.717, 1.165) is 57.5 Å². The minimum atomic E-state index is -0.214. The van der Waals surface area contributed by atoms with Crippen LogP contribution < -0.4 is 10.6 Å². The van der Waals surface area contributed by atoms with E-state index in [-0.39, 0.29) is 53.6 Å². The van der Waals surface area contributed by atoms with Gasteiger partial charge in [-0.15, -0.1) is 24.0 Å². The number of halogens is 2. The number of ether oxygens (including phenoxy) is 2. The second-order valence-corrected chi connectivity index (χ2v) is 9.50. The highest BCUT2D eigenvalue weighted by Crippen LogP contribution is 2.22. The van der Waals surface area contributed by atoms with Crippen molar-refractivity contribution in [1.29, 1.82) is 0 Å². The molecule has 0 aromatic heterocycles. The lowest BCUT2D eigenvalue weighted by Crippen LogP contribution is -2.59. The number of aliphatic imine (C=N–C) groups is 1. The fourth-order valence-corrected chi connectivity index (χ4v) is 4.53. The fraction of sp³-hybridized carbons (Fsp3) is 0.708. The molecule has 2 saturated heterocycles. The molecule has 2 aliphatic rings. The molecule has 2 fully saturated rings. The van der Waals surface area contributed by atoms with Crippen molar-refractivity contribution >= 4 is 29.9 Å². The summed E-state index contributed by atoms with van der Waals surface area (Å²) in [6.45, 7) is 15.2. The molecule has 9 heteroatoms. The van der Waals surface area contributed by atoms with E-state index in [1.54, 1.807) is 7.05 Å². The molecule has 2 aliphatic heterocycles. The van der Waals surface area contributed by atoms with Gasteiger partial charge in [0.25, 0.3) is 0 Å². The fourth-order valence-electron chi connectivity index (χ4n) is 4.53. The summed E-state index contributed by atoms with van der Waals surface area (Å²) in [5.41, 5.74) is 1.05. The highest BCUT2D eigenvalue weighted by atomic mass is 127. The van der Waals surface area contributed by atoms with Crippen molar-refractivity contribution in [1.82, 2.24) is 20.4 Å². The topological polar surface area (TPSA) is 61.4 Å². The van der Waals surface area contributed by atoms with E-state index in [9.17, 15) is 4.39 Å². The Morgan fingerprint density at radius 1 is 1.12 bits per heavy atom. The zero-order valence-corrected chi connectivity index (χ0v) is 23.0. The third kappa shape index (κ3) is 8.31. The first-order valence-corrected chi connectivity index (χ1v) is 11.7. The SMILES string of the molecule is CN=C(NCC(c1ccc(F)cc1)N1CCOCC1)NCC(C)(C)N1CC(C)OC(C)C1.I. The molecule has 3 atom stereocenters. The van der Waals surface area contributed by atoms with Crippen molar-refractivity contribution in [2.75, 3.05) is 59.5 Å². The largest absolute Gasteiger partial charge is 0.379 e. The summed E-state index contributed by atoms with van der Waals surface area (Å²) in [7, 11) is 1.79. The lowest BCUT2D eigenvalue weighted by atomic mass is 10.00. The van der Waals surface area contributed by atoms with E-state index in [1.807, 2.05) is 12.1 Å². The third-order valence-corrected chi connectivity index (χ3v) is 6.39. The Morgan fingerprint density at radius 2 is 1.73 bits per heavy atom. The predicted molar refractivity (Wildman–Crippen MR) is 142 cm³/mol. The molecule has 2 heterocycles. The van der Waals surface area contributed by atoms with Gasteiger partial charge in [-0.05, 0) is 45.4 Å². The van der Waals surface area contributed by atoms with Crippen LogP contribution in [-0.4, -0.2) is 93.0 Å². The van der Waals surface area contributed by atoms with Gasteiger partial charge in [-0.3, -0.25) is 14.8 Å². The van der Waals surface area contributed by atoms with Crippen molar-refractivity contribution in [3.8, 4) is 0 Å². The summed E-state index contributed by atoms with van der Waals surface area (Å²) in [5, 5.41) is 7.00. The summed E-state index contributed by atoms with van der Waals surface area (Å²) in [4.78, 5) is 9.31. The van der Waals surface area contributed by atoms with Gasteiger partial charge in [-0.1, -0.05) is 12.1 Å². The van der Waals surface area contributed by atoms with Crippen LogP contribution in [0.1, 0.15) is 39.3 Å². The van der Waals surface area contributed by atoms with Crippen molar-refractivity contribution in [2.24, 2.45) is 4.99 Å². The van der Waals surface area contributed by atoms with E-state index in [0.29, 0.717) is 6.54 Å². The first kappa shape index (κ1) is 28.2. The Hall–Kier alpha value is -1.01. The quantitative estimate of drug-likeness (QED) is 0.296. The molecule has 3 rings (SSSR count). The average molecular weight is 578 g/mol. The molecular weight excluding hydrogens is 536 g/mol. The molecule has 7 nitrogen and oxygen atoms in total. The Morgan fingerprint density at radius 3 is 2.30 bits per heavy atom. The van der Waals surface area contributed by atoms with E-state index in [2.05, 4.69) is 53.1 Å². The normalized spacial score (nSPS) is 24.1. The van der Waals surface area contributed by atoms with Crippen molar-refractivity contribution in [2.45, 2.75) is 51.5 Å². The van der Waals surface area contributed by atoms with Crippen LogP contribution in [0.25, 0.3) is 0 Å². The molecule has 2 N–H and O–H groups in total. The van der Waals surface area contributed by atoms with Gasteiger partial charge in [0, 0.05) is 51.9 Å². The van der Waals surface area contributed by atoms with Crippen LogP contribution >= 0.6 is 24.0 Å². The van der Waals surface area contributed by atoms with Crippen LogP contribution in [0.3, 0.4) is 0 Å². The smallest absolute Gasteiger partial charge is 0.191 e. The number of rotatable bonds is 7. The minimum Gasteiger partial charge on any atom is -0.379 e. The minimum absolute atomic E-state index is 0. The first-order valence-electron chi connectivity index (χ1n) is 11.7. The molecule has 3 unspecified atom stereocenters. The first-order chi connectivity index (χ1) is 15.3. The average Bonchev–Trinajstić information content (AvgIpc) is 2.77. The van der Waals surface area contributed by atoms with Gasteiger partial charge in [0.1, 0.15) is 5.82 Å². The van der Waals surface area contributed by atoms with Crippen LogP contribution in [0.5, 0.6) is 0 Å². The van der Waals surface area contributed by atoms with Gasteiger partial charge < -0.3 is 20.1 Å². The van der Waals surface area contributed by atoms with Crippen molar-refractivity contribution < 1.29 is 13.9 Å². The summed E-state index contributed by atoms with van der Waals surface area (Å²) >= 11 is 0. The maximum atomic E-state index is 13.5.